The van der Waals surface area contributed by atoms with Crippen molar-refractivity contribution in [3.63, 3.8) is 0 Å². The van der Waals surface area contributed by atoms with Gasteiger partial charge in [-0.25, -0.2) is 0 Å². The second-order valence-electron chi connectivity index (χ2n) is 6.44. The smallest absolute Gasteiger partial charge is 0.0639 e. The van der Waals surface area contributed by atoms with Crippen molar-refractivity contribution in [2.75, 3.05) is 19.0 Å². The summed E-state index contributed by atoms with van der Waals surface area (Å²) in [5, 5.41) is 3.53. The average molecular weight is 249 g/mol. The van der Waals surface area contributed by atoms with Crippen molar-refractivity contribution in [1.82, 2.24) is 0 Å². The highest BCUT2D eigenvalue weighted by Gasteiger charge is 2.19. The number of benzene rings is 1. The molecule has 0 saturated heterocycles. The number of anilines is 1. The fourth-order valence-electron chi connectivity index (χ4n) is 1.89. The van der Waals surface area contributed by atoms with Gasteiger partial charge in [0.05, 0.1) is 5.60 Å². The van der Waals surface area contributed by atoms with Crippen molar-refractivity contribution in [3.05, 3.63) is 29.8 Å². The molecular weight excluding hydrogens is 222 g/mol. The number of rotatable bonds is 5. The van der Waals surface area contributed by atoms with E-state index in [-0.39, 0.29) is 11.0 Å². The molecule has 0 aliphatic carbocycles. The van der Waals surface area contributed by atoms with Gasteiger partial charge in [0.15, 0.2) is 0 Å². The minimum Gasteiger partial charge on any atom is -0.385 e. The second-order valence-corrected chi connectivity index (χ2v) is 6.44. The van der Waals surface area contributed by atoms with Gasteiger partial charge in [-0.1, -0.05) is 39.0 Å². The van der Waals surface area contributed by atoms with Crippen LogP contribution in [0.4, 0.5) is 5.69 Å². The van der Waals surface area contributed by atoms with Crippen LogP contribution in [0.25, 0.3) is 0 Å². The van der Waals surface area contributed by atoms with Crippen LogP contribution < -0.4 is 5.32 Å². The molecule has 0 unspecified atom stereocenters. The lowest BCUT2D eigenvalue weighted by Crippen LogP contribution is -2.26. The molecule has 1 aromatic rings. The first-order valence-electron chi connectivity index (χ1n) is 6.65. The van der Waals surface area contributed by atoms with E-state index in [1.54, 1.807) is 7.11 Å². The van der Waals surface area contributed by atoms with Gasteiger partial charge in [0.1, 0.15) is 0 Å². The number of hydrogen-bond acceptors (Lipinski definition) is 2. The SMILES string of the molecule is COC(C)(C)CCNc1ccccc1C(C)(C)C. The molecule has 2 nitrogen and oxygen atoms in total. The standard InChI is InChI=1S/C16H27NO/c1-15(2,3)13-9-7-8-10-14(13)17-12-11-16(4,5)18-6/h7-10,17H,11-12H2,1-6H3. The van der Waals surface area contributed by atoms with Crippen LogP contribution in [0.15, 0.2) is 24.3 Å². The van der Waals surface area contributed by atoms with Gasteiger partial charge in [-0.2, -0.15) is 0 Å². The average Bonchev–Trinajstić information content (AvgIpc) is 2.28. The van der Waals surface area contributed by atoms with Gasteiger partial charge in [-0.05, 0) is 37.3 Å². The zero-order valence-electron chi connectivity index (χ0n) is 12.6. The van der Waals surface area contributed by atoms with Gasteiger partial charge < -0.3 is 10.1 Å². The first kappa shape index (κ1) is 15.0. The van der Waals surface area contributed by atoms with E-state index in [4.69, 9.17) is 4.74 Å². The molecule has 0 aliphatic heterocycles. The molecule has 0 spiro atoms. The summed E-state index contributed by atoms with van der Waals surface area (Å²) in [5.74, 6) is 0. The van der Waals surface area contributed by atoms with Crippen molar-refractivity contribution in [3.8, 4) is 0 Å². The molecule has 0 amide bonds. The Balaban J connectivity index is 2.69. The first-order chi connectivity index (χ1) is 8.26. The summed E-state index contributed by atoms with van der Waals surface area (Å²) in [7, 11) is 1.77. The Morgan fingerprint density at radius 3 is 2.22 bits per heavy atom. The molecule has 1 rings (SSSR count). The zero-order valence-corrected chi connectivity index (χ0v) is 12.6. The molecule has 0 fully saturated rings. The van der Waals surface area contributed by atoms with Crippen LogP contribution in [-0.2, 0) is 10.2 Å². The summed E-state index contributed by atoms with van der Waals surface area (Å²) in [6.45, 7) is 11.9. The fourth-order valence-corrected chi connectivity index (χ4v) is 1.89. The lowest BCUT2D eigenvalue weighted by atomic mass is 9.86. The van der Waals surface area contributed by atoms with Crippen LogP contribution in [0.2, 0.25) is 0 Å². The van der Waals surface area contributed by atoms with E-state index in [0.29, 0.717) is 0 Å². The van der Waals surface area contributed by atoms with Gasteiger partial charge in [0.25, 0.3) is 0 Å². The Bertz CT molecular complexity index is 377. The van der Waals surface area contributed by atoms with E-state index in [1.807, 2.05) is 0 Å². The molecule has 1 N–H and O–H groups in total. The molecule has 0 saturated carbocycles. The molecule has 0 aromatic heterocycles. The summed E-state index contributed by atoms with van der Waals surface area (Å²) in [6, 6.07) is 8.54. The third-order valence-electron chi connectivity index (χ3n) is 3.33. The Hall–Kier alpha value is -1.02. The predicted molar refractivity (Wildman–Crippen MR) is 79.3 cm³/mol. The third kappa shape index (κ3) is 4.34. The summed E-state index contributed by atoms with van der Waals surface area (Å²) < 4.78 is 5.43. The number of nitrogens with one attached hydrogen (secondary N) is 1. The Kier molecular flexibility index (Phi) is 4.80. The second kappa shape index (κ2) is 5.75. The van der Waals surface area contributed by atoms with E-state index in [0.717, 1.165) is 13.0 Å². The lowest BCUT2D eigenvalue weighted by Gasteiger charge is -2.26. The maximum atomic E-state index is 5.43. The van der Waals surface area contributed by atoms with E-state index >= 15 is 0 Å². The molecule has 102 valence electrons. The third-order valence-corrected chi connectivity index (χ3v) is 3.33. The molecule has 0 aliphatic rings. The molecular formula is C16H27NO. The van der Waals surface area contributed by atoms with Crippen molar-refractivity contribution < 1.29 is 4.74 Å². The van der Waals surface area contributed by atoms with Crippen LogP contribution in [0, 0.1) is 0 Å². The van der Waals surface area contributed by atoms with Gasteiger partial charge in [-0.3, -0.25) is 0 Å². The summed E-state index contributed by atoms with van der Waals surface area (Å²) in [4.78, 5) is 0. The summed E-state index contributed by atoms with van der Waals surface area (Å²) >= 11 is 0. The number of hydrogen-bond donors (Lipinski definition) is 1. The predicted octanol–water partition coefficient (Wildman–Crippen LogP) is 4.21. The molecule has 0 bridgehead atoms. The molecule has 0 atom stereocenters. The monoisotopic (exact) mass is 249 g/mol. The summed E-state index contributed by atoms with van der Waals surface area (Å²) in [5.41, 5.74) is 2.70. The number of ether oxygens (including phenoxy) is 1. The van der Waals surface area contributed by atoms with Gasteiger partial charge in [0, 0.05) is 19.3 Å². The quantitative estimate of drug-likeness (QED) is 0.844. The molecule has 0 radical (unpaired) electrons. The normalized spacial score (nSPS) is 12.6. The molecule has 18 heavy (non-hydrogen) atoms. The largest absolute Gasteiger partial charge is 0.385 e. The van der Waals surface area contributed by atoms with Crippen LogP contribution in [0.1, 0.15) is 46.6 Å². The molecule has 2 heteroatoms. The Morgan fingerprint density at radius 2 is 1.67 bits per heavy atom. The van der Waals surface area contributed by atoms with Crippen LogP contribution in [0.3, 0.4) is 0 Å². The van der Waals surface area contributed by atoms with Crippen LogP contribution in [0.5, 0.6) is 0 Å². The van der Waals surface area contributed by atoms with Crippen molar-refractivity contribution in [1.29, 1.82) is 0 Å². The topological polar surface area (TPSA) is 21.3 Å². The van der Waals surface area contributed by atoms with Crippen LogP contribution >= 0.6 is 0 Å². The van der Waals surface area contributed by atoms with E-state index in [9.17, 15) is 0 Å². The van der Waals surface area contributed by atoms with E-state index in [2.05, 4.69) is 64.2 Å². The van der Waals surface area contributed by atoms with Gasteiger partial charge in [-0.15, -0.1) is 0 Å². The van der Waals surface area contributed by atoms with E-state index in [1.165, 1.54) is 11.3 Å². The maximum Gasteiger partial charge on any atom is 0.0639 e. The highest BCUT2D eigenvalue weighted by molar-refractivity contribution is 5.54. The minimum absolute atomic E-state index is 0.0658. The highest BCUT2D eigenvalue weighted by Crippen LogP contribution is 2.29. The van der Waals surface area contributed by atoms with Crippen molar-refractivity contribution in [2.45, 2.75) is 52.1 Å². The van der Waals surface area contributed by atoms with Gasteiger partial charge in [0.2, 0.25) is 0 Å². The van der Waals surface area contributed by atoms with E-state index < -0.39 is 0 Å². The summed E-state index contributed by atoms with van der Waals surface area (Å²) in [6.07, 6.45) is 0.988. The highest BCUT2D eigenvalue weighted by atomic mass is 16.5. The van der Waals surface area contributed by atoms with Crippen LogP contribution in [-0.4, -0.2) is 19.3 Å². The Labute approximate surface area is 112 Å². The number of methoxy groups -OCH3 is 1. The molecule has 0 heterocycles. The first-order valence-corrected chi connectivity index (χ1v) is 6.65. The zero-order chi connectivity index (χ0) is 13.8. The van der Waals surface area contributed by atoms with Crippen molar-refractivity contribution in [2.24, 2.45) is 0 Å². The van der Waals surface area contributed by atoms with Gasteiger partial charge >= 0.3 is 0 Å². The Morgan fingerprint density at radius 1 is 1.06 bits per heavy atom. The lowest BCUT2D eigenvalue weighted by molar-refractivity contribution is 0.0185. The van der Waals surface area contributed by atoms with Crippen molar-refractivity contribution >= 4 is 5.69 Å². The molecule has 1 aromatic carbocycles. The maximum absolute atomic E-state index is 5.43. The minimum atomic E-state index is -0.0658. The fraction of sp³-hybridized carbons (Fsp3) is 0.625. The number of para-hydroxylation sites is 1.